The van der Waals surface area contributed by atoms with Crippen molar-refractivity contribution in [3.8, 4) is 0 Å². The van der Waals surface area contributed by atoms with E-state index in [4.69, 9.17) is 0 Å². The monoisotopic (exact) mass is 494 g/mol. The molecule has 2 fully saturated rings. The summed E-state index contributed by atoms with van der Waals surface area (Å²) in [6, 6.07) is 16.3. The topological polar surface area (TPSA) is 91.8 Å². The molecule has 0 aromatic heterocycles. The van der Waals surface area contributed by atoms with Gasteiger partial charge in [0.05, 0.1) is 22.8 Å². The highest BCUT2D eigenvalue weighted by Crippen LogP contribution is 2.33. The van der Waals surface area contributed by atoms with Crippen LogP contribution in [0.3, 0.4) is 0 Å². The molecule has 2 heterocycles. The number of carbonyl (C=O) groups is 1. The van der Waals surface area contributed by atoms with Gasteiger partial charge in [-0.15, -0.1) is 11.8 Å². The maximum atomic E-state index is 13.2. The molecule has 0 radical (unpaired) electrons. The van der Waals surface area contributed by atoms with Crippen molar-refractivity contribution in [2.75, 3.05) is 37.7 Å². The summed E-state index contributed by atoms with van der Waals surface area (Å²) in [5.74, 6) is 0.137. The van der Waals surface area contributed by atoms with Gasteiger partial charge >= 0.3 is 0 Å². The summed E-state index contributed by atoms with van der Waals surface area (Å²) in [6.07, 6.45) is 0.591. The van der Waals surface area contributed by atoms with Crippen molar-refractivity contribution in [1.29, 1.82) is 0 Å². The van der Waals surface area contributed by atoms with Gasteiger partial charge in [-0.3, -0.25) is 4.79 Å². The van der Waals surface area contributed by atoms with E-state index in [1.54, 1.807) is 29.2 Å². The molecule has 4 rings (SSSR count). The zero-order chi connectivity index (χ0) is 22.8. The number of carbonyl (C=O) groups excluding carboxylic acids is 1. The Kier molecular flexibility index (Phi) is 6.94. The lowest BCUT2D eigenvalue weighted by Gasteiger charge is -2.34. The molecule has 1 amide bonds. The second kappa shape index (κ2) is 9.54. The van der Waals surface area contributed by atoms with E-state index in [0.29, 0.717) is 25.1 Å². The molecule has 2 saturated heterocycles. The van der Waals surface area contributed by atoms with Gasteiger partial charge in [-0.25, -0.2) is 16.8 Å². The Balaban J connectivity index is 1.40. The second-order valence-corrected chi connectivity index (χ2v) is 13.6. The van der Waals surface area contributed by atoms with Crippen molar-refractivity contribution in [3.63, 3.8) is 0 Å². The van der Waals surface area contributed by atoms with Crippen molar-refractivity contribution in [3.05, 3.63) is 65.7 Å². The number of rotatable bonds is 6. The van der Waals surface area contributed by atoms with Crippen LogP contribution in [0.15, 0.2) is 59.5 Å². The number of nitrogens with zero attached hydrogens (tertiary/aromatic N) is 2. The summed E-state index contributed by atoms with van der Waals surface area (Å²) < 4.78 is 50.6. The first-order valence-corrected chi connectivity index (χ1v) is 14.8. The fourth-order valence-corrected chi connectivity index (χ4v) is 9.13. The highest BCUT2D eigenvalue weighted by Gasteiger charge is 2.32. The Labute approximate surface area is 193 Å². The van der Waals surface area contributed by atoms with E-state index in [2.05, 4.69) is 0 Å². The van der Waals surface area contributed by atoms with Gasteiger partial charge in [-0.2, -0.15) is 4.31 Å². The fourth-order valence-electron chi connectivity index (χ4n) is 4.00. The average Bonchev–Trinajstić information content (AvgIpc) is 3.12. The van der Waals surface area contributed by atoms with Crippen LogP contribution in [0.2, 0.25) is 0 Å². The van der Waals surface area contributed by atoms with Crippen LogP contribution < -0.4 is 0 Å². The van der Waals surface area contributed by atoms with Gasteiger partial charge in [-0.1, -0.05) is 42.5 Å². The van der Waals surface area contributed by atoms with E-state index in [-0.39, 0.29) is 41.5 Å². The van der Waals surface area contributed by atoms with Crippen LogP contribution in [-0.4, -0.2) is 74.9 Å². The molecule has 2 aliphatic rings. The highest BCUT2D eigenvalue weighted by atomic mass is 32.2. The first kappa shape index (κ1) is 23.3. The van der Waals surface area contributed by atoms with Crippen LogP contribution >= 0.6 is 11.8 Å². The minimum Gasteiger partial charge on any atom is -0.336 e. The van der Waals surface area contributed by atoms with E-state index in [9.17, 15) is 21.6 Å². The molecule has 1 unspecified atom stereocenters. The predicted octanol–water partition coefficient (Wildman–Crippen LogP) is 2.25. The minimum absolute atomic E-state index is 0.0473. The number of hydrogen-bond donors (Lipinski definition) is 0. The largest absolute Gasteiger partial charge is 0.336 e. The molecule has 32 heavy (non-hydrogen) atoms. The number of thioether (sulfide) groups is 1. The Morgan fingerprint density at radius 2 is 1.62 bits per heavy atom. The summed E-state index contributed by atoms with van der Waals surface area (Å²) in [4.78, 5) is 15.7. The van der Waals surface area contributed by atoms with Crippen LogP contribution in [0, 0.1) is 0 Å². The van der Waals surface area contributed by atoms with Crippen LogP contribution in [0.25, 0.3) is 0 Å². The molecule has 0 bridgehead atoms. The molecular weight excluding hydrogens is 468 g/mol. The Morgan fingerprint density at radius 3 is 2.28 bits per heavy atom. The van der Waals surface area contributed by atoms with Gasteiger partial charge in [0.15, 0.2) is 9.84 Å². The highest BCUT2D eigenvalue weighted by molar-refractivity contribution is 8.02. The molecule has 2 aromatic carbocycles. The number of piperazine rings is 1. The smallest absolute Gasteiger partial charge is 0.255 e. The molecule has 0 saturated carbocycles. The van der Waals surface area contributed by atoms with Crippen molar-refractivity contribution in [2.24, 2.45) is 0 Å². The lowest BCUT2D eigenvalue weighted by molar-refractivity contribution is 0.0694. The quantitative estimate of drug-likeness (QED) is 0.612. The maximum absolute atomic E-state index is 13.2. The van der Waals surface area contributed by atoms with E-state index >= 15 is 0 Å². The number of sulfone groups is 1. The van der Waals surface area contributed by atoms with Gasteiger partial charge in [-0.05, 0) is 24.1 Å². The predicted molar refractivity (Wildman–Crippen MR) is 126 cm³/mol. The standard InChI is InChI=1S/C22H26N2O5S3/c25-22(20-8-4-5-9-21(20)30-19-10-15-31(26,27)17-19)23-11-13-24(14-12-23)32(28,29)16-18-6-2-1-3-7-18/h1-9,19H,10-17H2. The number of amides is 1. The fraction of sp³-hybridized carbons (Fsp3) is 0.409. The van der Waals surface area contributed by atoms with Gasteiger partial charge in [0, 0.05) is 36.3 Å². The summed E-state index contributed by atoms with van der Waals surface area (Å²) in [5, 5.41) is -0.0473. The van der Waals surface area contributed by atoms with Crippen LogP contribution in [0.1, 0.15) is 22.3 Å². The molecule has 0 N–H and O–H groups in total. The van der Waals surface area contributed by atoms with Gasteiger partial charge < -0.3 is 4.90 Å². The normalized spacial score (nSPS) is 21.5. The number of hydrogen-bond acceptors (Lipinski definition) is 6. The lowest BCUT2D eigenvalue weighted by atomic mass is 10.2. The Bertz CT molecular complexity index is 1180. The van der Waals surface area contributed by atoms with Crippen LogP contribution in [0.4, 0.5) is 0 Å². The molecule has 0 aliphatic carbocycles. The third-order valence-electron chi connectivity index (χ3n) is 5.71. The van der Waals surface area contributed by atoms with Gasteiger partial charge in [0.25, 0.3) is 5.91 Å². The van der Waals surface area contributed by atoms with Gasteiger partial charge in [0.1, 0.15) is 0 Å². The number of sulfonamides is 1. The molecule has 1 atom stereocenters. The first-order chi connectivity index (χ1) is 15.2. The summed E-state index contributed by atoms with van der Waals surface area (Å²) in [6.45, 7) is 1.17. The average molecular weight is 495 g/mol. The Morgan fingerprint density at radius 1 is 0.969 bits per heavy atom. The third-order valence-corrected chi connectivity index (χ3v) is 10.9. The van der Waals surface area contributed by atoms with Crippen LogP contribution in [-0.2, 0) is 25.6 Å². The molecular formula is C22H26N2O5S3. The van der Waals surface area contributed by atoms with Gasteiger partial charge in [0.2, 0.25) is 10.0 Å². The maximum Gasteiger partial charge on any atom is 0.255 e. The summed E-state index contributed by atoms with van der Waals surface area (Å²) in [5.41, 5.74) is 1.29. The van der Waals surface area contributed by atoms with Crippen LogP contribution in [0.5, 0.6) is 0 Å². The van der Waals surface area contributed by atoms with E-state index in [0.717, 1.165) is 10.5 Å². The molecule has 0 spiro atoms. The molecule has 2 aromatic rings. The zero-order valence-electron chi connectivity index (χ0n) is 17.6. The van der Waals surface area contributed by atoms with E-state index in [1.807, 2.05) is 30.3 Å². The Hall–Kier alpha value is -1.88. The summed E-state index contributed by atoms with van der Waals surface area (Å²) in [7, 11) is -6.44. The molecule has 2 aliphatic heterocycles. The van der Waals surface area contributed by atoms with Crippen molar-refractivity contribution < 1.29 is 21.6 Å². The molecule has 172 valence electrons. The van der Waals surface area contributed by atoms with Crippen molar-refractivity contribution >= 4 is 37.5 Å². The zero-order valence-corrected chi connectivity index (χ0v) is 20.0. The minimum atomic E-state index is -3.45. The third kappa shape index (κ3) is 5.54. The number of benzene rings is 2. The summed E-state index contributed by atoms with van der Waals surface area (Å²) >= 11 is 1.45. The van der Waals surface area contributed by atoms with E-state index < -0.39 is 19.9 Å². The first-order valence-electron chi connectivity index (χ1n) is 10.5. The SMILES string of the molecule is O=C(c1ccccc1SC1CCS(=O)(=O)C1)N1CCN(S(=O)(=O)Cc2ccccc2)CC1. The molecule has 10 heteroatoms. The lowest BCUT2D eigenvalue weighted by Crippen LogP contribution is -2.50. The molecule has 7 nitrogen and oxygen atoms in total. The van der Waals surface area contributed by atoms with Crippen molar-refractivity contribution in [1.82, 2.24) is 9.21 Å². The second-order valence-electron chi connectivity index (χ2n) is 8.07. The van der Waals surface area contributed by atoms with Crippen molar-refractivity contribution in [2.45, 2.75) is 22.3 Å². The van der Waals surface area contributed by atoms with E-state index in [1.165, 1.54) is 16.1 Å².